The number of carbonyl (C=O) groups excluding carboxylic acids is 1. The number of fused-ring (bicyclic) bond motifs is 1. The maximum absolute atomic E-state index is 13.9. The number of thiophene rings is 1. The van der Waals surface area contributed by atoms with Crippen molar-refractivity contribution in [3.8, 4) is 17.2 Å². The highest BCUT2D eigenvalue weighted by atomic mass is 32.1. The lowest BCUT2D eigenvalue weighted by atomic mass is 9.83. The van der Waals surface area contributed by atoms with E-state index in [9.17, 15) is 36.4 Å². The molecule has 0 bridgehead atoms. The number of allylic oxidation sites excluding steroid dienone is 1. The largest absolute Gasteiger partial charge is 0.435 e. The first-order chi connectivity index (χ1) is 17.3. The van der Waals surface area contributed by atoms with Gasteiger partial charge in [0.2, 0.25) is 5.91 Å². The molecule has 1 amide bonds. The van der Waals surface area contributed by atoms with Crippen LogP contribution in [0.15, 0.2) is 48.2 Å². The van der Waals surface area contributed by atoms with Crippen LogP contribution in [0.3, 0.4) is 0 Å². The monoisotopic (exact) mass is 538 g/mol. The van der Waals surface area contributed by atoms with Crippen molar-refractivity contribution in [3.05, 3.63) is 74.8 Å². The molecule has 1 aliphatic heterocycles. The van der Waals surface area contributed by atoms with E-state index in [0.717, 1.165) is 18.3 Å². The minimum absolute atomic E-state index is 0.0115. The zero-order valence-electron chi connectivity index (χ0n) is 19.6. The Morgan fingerprint density at radius 1 is 1.19 bits per heavy atom. The molecule has 194 valence electrons. The number of alkyl halides is 6. The molecule has 1 aliphatic rings. The lowest BCUT2D eigenvalue weighted by Gasteiger charge is -2.33. The molecular formula is C25H20F6N4OS. The van der Waals surface area contributed by atoms with Crippen molar-refractivity contribution in [2.45, 2.75) is 45.2 Å². The van der Waals surface area contributed by atoms with Crippen LogP contribution in [0.5, 0.6) is 0 Å². The molecule has 37 heavy (non-hydrogen) atoms. The van der Waals surface area contributed by atoms with Gasteiger partial charge in [-0.3, -0.25) is 9.48 Å². The maximum Gasteiger partial charge on any atom is 0.435 e. The van der Waals surface area contributed by atoms with Crippen LogP contribution in [0.2, 0.25) is 0 Å². The van der Waals surface area contributed by atoms with E-state index in [0.29, 0.717) is 27.0 Å². The topological polar surface area (TPSA) is 61.9 Å². The third-order valence-electron chi connectivity index (χ3n) is 6.14. The summed E-state index contributed by atoms with van der Waals surface area (Å²) in [6.45, 7) is 2.58. The number of aromatic nitrogens is 2. The van der Waals surface area contributed by atoms with Crippen LogP contribution in [-0.2, 0) is 24.1 Å². The predicted octanol–water partition coefficient (Wildman–Crippen LogP) is 6.50. The molecule has 0 saturated carbocycles. The number of carbonyl (C=O) groups is 1. The quantitative estimate of drug-likeness (QED) is 0.281. The molecule has 0 aliphatic carbocycles. The average Bonchev–Trinajstić information content (AvgIpc) is 3.47. The lowest BCUT2D eigenvalue weighted by molar-refractivity contribution is -0.141. The number of halogens is 6. The Hall–Kier alpha value is -3.59. The highest BCUT2D eigenvalue weighted by Crippen LogP contribution is 2.44. The molecule has 0 N–H and O–H groups in total. The van der Waals surface area contributed by atoms with E-state index in [1.54, 1.807) is 31.2 Å². The first-order valence-corrected chi connectivity index (χ1v) is 12.0. The summed E-state index contributed by atoms with van der Waals surface area (Å²) < 4.78 is 81.9. The molecule has 0 saturated heterocycles. The number of rotatable bonds is 4. The van der Waals surface area contributed by atoms with Gasteiger partial charge in [-0.25, -0.2) is 0 Å². The summed E-state index contributed by atoms with van der Waals surface area (Å²) in [7, 11) is 0. The second kappa shape index (κ2) is 9.70. The Morgan fingerprint density at radius 3 is 2.51 bits per heavy atom. The van der Waals surface area contributed by atoms with E-state index < -0.39 is 35.4 Å². The lowest BCUT2D eigenvalue weighted by Crippen LogP contribution is -2.37. The fourth-order valence-electron chi connectivity index (χ4n) is 4.30. The first kappa shape index (κ1) is 26.5. The Morgan fingerprint density at radius 2 is 1.89 bits per heavy atom. The number of benzene rings is 1. The number of hydrogen-bond donors (Lipinski definition) is 0. The van der Waals surface area contributed by atoms with Crippen LogP contribution in [0, 0.1) is 11.3 Å². The highest BCUT2D eigenvalue weighted by Gasteiger charge is 2.39. The van der Waals surface area contributed by atoms with E-state index in [4.69, 9.17) is 0 Å². The van der Waals surface area contributed by atoms with Gasteiger partial charge in [0.25, 0.3) is 0 Å². The van der Waals surface area contributed by atoms with Crippen LogP contribution in [0.25, 0.3) is 11.1 Å². The van der Waals surface area contributed by atoms with Crippen LogP contribution < -0.4 is 0 Å². The predicted molar refractivity (Wildman–Crippen MR) is 124 cm³/mol. The zero-order valence-corrected chi connectivity index (χ0v) is 20.4. The molecule has 0 fully saturated rings. The second-order valence-electron chi connectivity index (χ2n) is 8.53. The number of amides is 1. The molecule has 2 aromatic heterocycles. The number of nitriles is 1. The van der Waals surface area contributed by atoms with E-state index in [2.05, 4.69) is 5.10 Å². The number of hydrogen-bond acceptors (Lipinski definition) is 4. The number of aryl methyl sites for hydroxylation is 1. The molecule has 0 spiro atoms. The summed E-state index contributed by atoms with van der Waals surface area (Å²) in [5, 5.41) is 13.1. The van der Waals surface area contributed by atoms with Crippen LogP contribution in [-0.4, -0.2) is 33.3 Å². The van der Waals surface area contributed by atoms with E-state index in [1.165, 1.54) is 21.8 Å². The van der Waals surface area contributed by atoms with Crippen molar-refractivity contribution < 1.29 is 31.1 Å². The molecule has 3 heterocycles. The average molecular weight is 539 g/mol. The third kappa shape index (κ3) is 5.27. The Kier molecular flexibility index (Phi) is 6.94. The summed E-state index contributed by atoms with van der Waals surface area (Å²) in [6.07, 6.45) is -7.58. The number of nitrogens with zero attached hydrogens (tertiary/aromatic N) is 4. The Labute approximate surface area is 212 Å². The molecular weight excluding hydrogens is 518 g/mol. The van der Waals surface area contributed by atoms with Gasteiger partial charge in [-0.1, -0.05) is 24.3 Å². The fraction of sp³-hybridized carbons (Fsp3) is 0.320. The van der Waals surface area contributed by atoms with Crippen molar-refractivity contribution in [3.63, 3.8) is 0 Å². The van der Waals surface area contributed by atoms with E-state index >= 15 is 0 Å². The summed E-state index contributed by atoms with van der Waals surface area (Å²) in [5.74, 6) is -1.54. The van der Waals surface area contributed by atoms with Gasteiger partial charge in [0.1, 0.15) is 10.9 Å². The van der Waals surface area contributed by atoms with Crippen molar-refractivity contribution in [2.24, 2.45) is 0 Å². The molecule has 1 aromatic carbocycles. The summed E-state index contributed by atoms with van der Waals surface area (Å²) >= 11 is 1.10. The van der Waals surface area contributed by atoms with Crippen molar-refractivity contribution in [1.29, 1.82) is 5.26 Å². The maximum atomic E-state index is 13.9. The zero-order chi connectivity index (χ0) is 27.1. The highest BCUT2D eigenvalue weighted by molar-refractivity contribution is 7.12. The molecule has 12 heteroatoms. The molecule has 1 unspecified atom stereocenters. The van der Waals surface area contributed by atoms with Gasteiger partial charge < -0.3 is 4.90 Å². The third-order valence-corrected chi connectivity index (χ3v) is 7.18. The second-order valence-corrected chi connectivity index (χ2v) is 9.67. The molecule has 0 radical (unpaired) electrons. The van der Waals surface area contributed by atoms with E-state index in [-0.39, 0.29) is 30.8 Å². The normalized spacial score (nSPS) is 16.5. The Balaban J connectivity index is 1.85. The summed E-state index contributed by atoms with van der Waals surface area (Å²) in [4.78, 5) is 15.0. The molecule has 5 nitrogen and oxygen atoms in total. The molecule has 4 rings (SSSR count). The molecule has 1 atom stereocenters. The molecule has 3 aromatic rings. The van der Waals surface area contributed by atoms with Crippen LogP contribution in [0.4, 0.5) is 26.3 Å². The van der Waals surface area contributed by atoms with Crippen LogP contribution >= 0.6 is 11.3 Å². The van der Waals surface area contributed by atoms with E-state index in [1.807, 2.05) is 6.07 Å². The van der Waals surface area contributed by atoms with Crippen molar-refractivity contribution in [1.82, 2.24) is 14.7 Å². The summed E-state index contributed by atoms with van der Waals surface area (Å²) in [6, 6.07) is 10.0. The van der Waals surface area contributed by atoms with Crippen molar-refractivity contribution >= 4 is 17.2 Å². The first-order valence-electron chi connectivity index (χ1n) is 11.1. The standard InChI is InChI=1S/C25H20F6N4OS/c1-3-35-12-20(23(33-35)25(29,30)31)17-7-5-4-6-16(17)19-11-34(22(36)8-14(2)24(26,27)28)13-21-18(19)9-15(10-32)37-21/h4-9,12,19H,3,11,13H2,1-2H3/b14-8+. The fourth-order valence-corrected chi connectivity index (χ4v) is 5.34. The van der Waals surface area contributed by atoms with Gasteiger partial charge in [-0.05, 0) is 36.6 Å². The smallest absolute Gasteiger partial charge is 0.333 e. The Bertz CT molecular complexity index is 1410. The van der Waals surface area contributed by atoms with Gasteiger partial charge in [0.05, 0.1) is 6.54 Å². The van der Waals surface area contributed by atoms with Gasteiger partial charge in [-0.15, -0.1) is 11.3 Å². The van der Waals surface area contributed by atoms with Gasteiger partial charge in [-0.2, -0.15) is 36.7 Å². The van der Waals surface area contributed by atoms with Gasteiger partial charge >= 0.3 is 12.4 Å². The SMILES string of the molecule is CCn1cc(-c2ccccc2C2CN(C(=O)/C=C(\C)C(F)(F)F)Cc3sc(C#N)cc32)c(C(F)(F)F)n1. The minimum atomic E-state index is -4.72. The minimum Gasteiger partial charge on any atom is -0.333 e. The van der Waals surface area contributed by atoms with Crippen molar-refractivity contribution in [2.75, 3.05) is 6.54 Å². The van der Waals surface area contributed by atoms with Gasteiger partial charge in [0.15, 0.2) is 5.69 Å². The summed E-state index contributed by atoms with van der Waals surface area (Å²) in [5.41, 5.74) is -0.916. The van der Waals surface area contributed by atoms with Crippen LogP contribution in [0.1, 0.15) is 46.3 Å². The van der Waals surface area contributed by atoms with Gasteiger partial charge in [0, 0.05) is 47.3 Å².